The molecular formula is C17H20N4O2. The van der Waals surface area contributed by atoms with E-state index < -0.39 is 0 Å². The molecule has 120 valence electrons. The first-order chi connectivity index (χ1) is 11.2. The molecule has 2 N–H and O–H groups in total. The number of aliphatic hydroxyl groups excluding tert-OH is 1. The molecule has 2 heterocycles. The molecule has 1 aliphatic rings. The lowest BCUT2D eigenvalue weighted by molar-refractivity contribution is 0.0782. The first-order valence-corrected chi connectivity index (χ1v) is 7.73. The molecule has 1 amide bonds. The molecule has 0 saturated carbocycles. The Morgan fingerprint density at radius 3 is 2.91 bits per heavy atom. The highest BCUT2D eigenvalue weighted by Crippen LogP contribution is 2.21. The summed E-state index contributed by atoms with van der Waals surface area (Å²) in [6, 6.07) is 11.1. The minimum absolute atomic E-state index is 0.000379. The number of amides is 1. The number of aliphatic hydroxyl groups is 1. The molecule has 0 spiro atoms. The molecule has 1 aliphatic heterocycles. The first kappa shape index (κ1) is 15.4. The molecule has 6 heteroatoms. The monoisotopic (exact) mass is 312 g/mol. The molecule has 1 unspecified atom stereocenters. The van der Waals surface area contributed by atoms with Crippen molar-refractivity contribution in [1.82, 2.24) is 15.1 Å². The van der Waals surface area contributed by atoms with E-state index in [4.69, 9.17) is 0 Å². The Kier molecular flexibility index (Phi) is 4.52. The van der Waals surface area contributed by atoms with Gasteiger partial charge in [-0.1, -0.05) is 6.07 Å². The second-order valence-corrected chi connectivity index (χ2v) is 5.85. The molecular weight excluding hydrogens is 292 g/mol. The number of aryl methyl sites for hydroxylation is 1. The normalized spacial score (nSPS) is 17.3. The fraction of sp³-hybridized carbons (Fsp3) is 0.353. The van der Waals surface area contributed by atoms with Crippen molar-refractivity contribution < 1.29 is 9.90 Å². The van der Waals surface area contributed by atoms with E-state index in [0.29, 0.717) is 24.5 Å². The van der Waals surface area contributed by atoms with Crippen LogP contribution >= 0.6 is 0 Å². The lowest BCUT2D eigenvalue weighted by atomic mass is 10.1. The van der Waals surface area contributed by atoms with Crippen LogP contribution in [0.1, 0.15) is 22.5 Å². The van der Waals surface area contributed by atoms with Gasteiger partial charge in [-0.25, -0.2) is 0 Å². The second-order valence-electron chi connectivity index (χ2n) is 5.85. The molecule has 23 heavy (non-hydrogen) atoms. The summed E-state index contributed by atoms with van der Waals surface area (Å²) >= 11 is 0. The molecule has 0 aliphatic carbocycles. The third-order valence-corrected chi connectivity index (χ3v) is 4.01. The highest BCUT2D eigenvalue weighted by Gasteiger charge is 2.26. The van der Waals surface area contributed by atoms with Crippen molar-refractivity contribution in [2.24, 2.45) is 5.92 Å². The minimum Gasteiger partial charge on any atom is -0.396 e. The number of benzene rings is 1. The van der Waals surface area contributed by atoms with Crippen LogP contribution in [-0.2, 0) is 0 Å². The van der Waals surface area contributed by atoms with Crippen LogP contribution in [-0.4, -0.2) is 45.8 Å². The molecule has 1 aromatic heterocycles. The predicted molar refractivity (Wildman–Crippen MR) is 87.6 cm³/mol. The summed E-state index contributed by atoms with van der Waals surface area (Å²) in [5, 5.41) is 20.4. The second kappa shape index (κ2) is 6.75. The van der Waals surface area contributed by atoms with Gasteiger partial charge in [0.25, 0.3) is 5.91 Å². The summed E-state index contributed by atoms with van der Waals surface area (Å²) in [6.07, 6.45) is 0.860. The lowest BCUT2D eigenvalue weighted by Gasteiger charge is -2.16. The van der Waals surface area contributed by atoms with Crippen molar-refractivity contribution >= 4 is 17.4 Å². The maximum Gasteiger partial charge on any atom is 0.253 e. The van der Waals surface area contributed by atoms with Gasteiger partial charge in [-0.3, -0.25) is 4.79 Å². The van der Waals surface area contributed by atoms with Gasteiger partial charge < -0.3 is 15.3 Å². The number of carbonyl (C=O) groups excluding carboxylic acids is 1. The van der Waals surface area contributed by atoms with Crippen molar-refractivity contribution in [3.63, 3.8) is 0 Å². The van der Waals surface area contributed by atoms with E-state index >= 15 is 0 Å². The van der Waals surface area contributed by atoms with Crippen LogP contribution in [0.5, 0.6) is 0 Å². The third-order valence-electron chi connectivity index (χ3n) is 4.01. The molecule has 0 bridgehead atoms. The number of carbonyl (C=O) groups is 1. The topological polar surface area (TPSA) is 78.4 Å². The summed E-state index contributed by atoms with van der Waals surface area (Å²) in [6.45, 7) is 3.34. The van der Waals surface area contributed by atoms with Gasteiger partial charge >= 0.3 is 0 Å². The Labute approximate surface area is 135 Å². The molecule has 2 aromatic rings. The molecule has 6 nitrogen and oxygen atoms in total. The number of aromatic nitrogens is 2. The van der Waals surface area contributed by atoms with Crippen molar-refractivity contribution in [2.45, 2.75) is 13.3 Å². The van der Waals surface area contributed by atoms with Gasteiger partial charge in [0.15, 0.2) is 5.82 Å². The quantitative estimate of drug-likeness (QED) is 0.902. The van der Waals surface area contributed by atoms with Gasteiger partial charge in [0.05, 0.1) is 5.69 Å². The average Bonchev–Trinajstić information content (AvgIpc) is 3.06. The number of anilines is 2. The van der Waals surface area contributed by atoms with E-state index in [2.05, 4.69) is 15.5 Å². The van der Waals surface area contributed by atoms with Crippen LogP contribution in [0.2, 0.25) is 0 Å². The van der Waals surface area contributed by atoms with Gasteiger partial charge in [-0.2, -0.15) is 5.10 Å². The number of hydrogen-bond donors (Lipinski definition) is 2. The SMILES string of the molecule is Cc1ccc(Nc2cccc(C(=O)N3CCC(CO)C3)c2)nn1. The van der Waals surface area contributed by atoms with Crippen molar-refractivity contribution in [3.05, 3.63) is 47.7 Å². The Bertz CT molecular complexity index is 687. The number of nitrogens with zero attached hydrogens (tertiary/aromatic N) is 3. The maximum atomic E-state index is 12.5. The van der Waals surface area contributed by atoms with E-state index in [1.807, 2.05) is 37.3 Å². The zero-order valence-corrected chi connectivity index (χ0v) is 13.1. The van der Waals surface area contributed by atoms with E-state index in [1.165, 1.54) is 0 Å². The largest absolute Gasteiger partial charge is 0.396 e. The van der Waals surface area contributed by atoms with E-state index in [-0.39, 0.29) is 18.4 Å². The lowest BCUT2D eigenvalue weighted by Crippen LogP contribution is -2.29. The average molecular weight is 312 g/mol. The number of hydrogen-bond acceptors (Lipinski definition) is 5. The van der Waals surface area contributed by atoms with Crippen LogP contribution in [0, 0.1) is 12.8 Å². The number of nitrogens with one attached hydrogen (secondary N) is 1. The summed E-state index contributed by atoms with van der Waals surface area (Å²) < 4.78 is 0. The zero-order valence-electron chi connectivity index (χ0n) is 13.1. The Balaban J connectivity index is 1.72. The van der Waals surface area contributed by atoms with Crippen LogP contribution in [0.3, 0.4) is 0 Å². The highest BCUT2D eigenvalue weighted by atomic mass is 16.3. The maximum absolute atomic E-state index is 12.5. The van der Waals surface area contributed by atoms with Crippen LogP contribution in [0.25, 0.3) is 0 Å². The van der Waals surface area contributed by atoms with Crippen LogP contribution in [0.15, 0.2) is 36.4 Å². The van der Waals surface area contributed by atoms with Gasteiger partial charge in [-0.05, 0) is 43.7 Å². The molecule has 3 rings (SSSR count). The fourth-order valence-corrected chi connectivity index (χ4v) is 2.69. The summed E-state index contributed by atoms with van der Waals surface area (Å²) in [5.41, 5.74) is 2.28. The first-order valence-electron chi connectivity index (χ1n) is 7.73. The predicted octanol–water partition coefficient (Wildman–Crippen LogP) is 1.98. The van der Waals surface area contributed by atoms with Crippen molar-refractivity contribution in [1.29, 1.82) is 0 Å². The summed E-state index contributed by atoms with van der Waals surface area (Å²) in [4.78, 5) is 14.3. The van der Waals surface area contributed by atoms with Gasteiger partial charge in [0.2, 0.25) is 0 Å². The van der Waals surface area contributed by atoms with E-state index in [0.717, 1.165) is 17.8 Å². The highest BCUT2D eigenvalue weighted by molar-refractivity contribution is 5.95. The summed E-state index contributed by atoms with van der Waals surface area (Å²) in [5.74, 6) is 0.837. The molecule has 1 saturated heterocycles. The Hall–Kier alpha value is -2.47. The zero-order chi connectivity index (χ0) is 16.2. The van der Waals surface area contributed by atoms with Gasteiger partial charge in [0.1, 0.15) is 0 Å². The summed E-state index contributed by atoms with van der Waals surface area (Å²) in [7, 11) is 0. The van der Waals surface area contributed by atoms with Crippen molar-refractivity contribution in [2.75, 3.05) is 25.0 Å². The smallest absolute Gasteiger partial charge is 0.253 e. The molecule has 1 atom stereocenters. The molecule has 1 fully saturated rings. The standard InChI is InChI=1S/C17H20N4O2/c1-12-5-6-16(20-19-12)18-15-4-2-3-14(9-15)17(23)21-8-7-13(10-21)11-22/h2-6,9,13,22H,7-8,10-11H2,1H3,(H,18,20). The molecule has 0 radical (unpaired) electrons. The Morgan fingerprint density at radius 2 is 2.22 bits per heavy atom. The van der Waals surface area contributed by atoms with Gasteiger partial charge in [0, 0.05) is 36.9 Å². The van der Waals surface area contributed by atoms with Crippen LogP contribution < -0.4 is 5.32 Å². The number of likely N-dealkylation sites (tertiary alicyclic amines) is 1. The van der Waals surface area contributed by atoms with Gasteiger partial charge in [-0.15, -0.1) is 5.10 Å². The van der Waals surface area contributed by atoms with Crippen molar-refractivity contribution in [3.8, 4) is 0 Å². The minimum atomic E-state index is -0.000379. The van der Waals surface area contributed by atoms with Crippen LogP contribution in [0.4, 0.5) is 11.5 Å². The van der Waals surface area contributed by atoms with E-state index in [9.17, 15) is 9.90 Å². The third kappa shape index (κ3) is 3.65. The van der Waals surface area contributed by atoms with E-state index in [1.54, 1.807) is 11.0 Å². The Morgan fingerprint density at radius 1 is 1.35 bits per heavy atom. The fourth-order valence-electron chi connectivity index (χ4n) is 2.69. The number of rotatable bonds is 4. The molecule has 1 aromatic carbocycles.